The standard InChI is InChI=1S/C18H14N4O4/c1-21-15-8-3-2-7-14(15)17(18(21)24)20-19-16(23)10-9-12-5-4-6-13(11-12)22(25)26/h2-11,24H,1H3/b10-9+,20-19?. The topological polar surface area (TPSA) is 110 Å². The number of nitrogens with zero attached hydrogens (tertiary/aromatic N) is 4. The van der Waals surface area contributed by atoms with E-state index in [4.69, 9.17) is 0 Å². The van der Waals surface area contributed by atoms with E-state index in [0.717, 1.165) is 11.6 Å². The van der Waals surface area contributed by atoms with Crippen LogP contribution in [0.5, 0.6) is 5.88 Å². The Morgan fingerprint density at radius 3 is 2.77 bits per heavy atom. The van der Waals surface area contributed by atoms with Crippen LogP contribution in [0.2, 0.25) is 0 Å². The molecule has 0 spiro atoms. The van der Waals surface area contributed by atoms with Gasteiger partial charge in [0.15, 0.2) is 5.69 Å². The maximum atomic E-state index is 11.9. The van der Waals surface area contributed by atoms with E-state index in [1.807, 2.05) is 12.1 Å². The molecule has 0 aliphatic carbocycles. The molecule has 130 valence electrons. The SMILES string of the molecule is Cn1c(O)c(N=NC(=O)/C=C/c2cccc([N+](=O)[O-])c2)c2ccccc21. The first-order valence-corrected chi connectivity index (χ1v) is 7.62. The number of nitro groups is 1. The fraction of sp³-hybridized carbons (Fsp3) is 0.0556. The van der Waals surface area contributed by atoms with Gasteiger partial charge >= 0.3 is 0 Å². The summed E-state index contributed by atoms with van der Waals surface area (Å²) in [6.45, 7) is 0. The van der Waals surface area contributed by atoms with Gasteiger partial charge in [0.2, 0.25) is 5.88 Å². The van der Waals surface area contributed by atoms with Crippen LogP contribution in [0.4, 0.5) is 11.4 Å². The summed E-state index contributed by atoms with van der Waals surface area (Å²) in [6.07, 6.45) is 2.57. The van der Waals surface area contributed by atoms with Crippen LogP contribution in [0.25, 0.3) is 17.0 Å². The van der Waals surface area contributed by atoms with Crippen LogP contribution in [0, 0.1) is 10.1 Å². The number of azo groups is 1. The van der Waals surface area contributed by atoms with Crippen LogP contribution < -0.4 is 0 Å². The number of carbonyl (C=O) groups is 1. The average Bonchev–Trinajstić information content (AvgIpc) is 2.89. The summed E-state index contributed by atoms with van der Waals surface area (Å²) in [5.74, 6) is -0.741. The number of fused-ring (bicyclic) bond motifs is 1. The van der Waals surface area contributed by atoms with Gasteiger partial charge in [0.05, 0.1) is 10.4 Å². The molecular weight excluding hydrogens is 336 g/mol. The molecule has 8 heteroatoms. The number of rotatable bonds is 4. The Balaban J connectivity index is 1.82. The Hall–Kier alpha value is -3.81. The molecule has 3 rings (SSSR count). The van der Waals surface area contributed by atoms with Gasteiger partial charge in [-0.25, -0.2) is 0 Å². The number of nitro benzene ring substituents is 1. The maximum Gasteiger partial charge on any atom is 0.288 e. The van der Waals surface area contributed by atoms with Crippen molar-refractivity contribution in [1.82, 2.24) is 4.57 Å². The zero-order chi connectivity index (χ0) is 18.7. The summed E-state index contributed by atoms with van der Waals surface area (Å²) in [7, 11) is 1.68. The zero-order valence-corrected chi connectivity index (χ0v) is 13.7. The number of aromatic hydroxyl groups is 1. The molecule has 1 amide bonds. The highest BCUT2D eigenvalue weighted by atomic mass is 16.6. The molecule has 0 aliphatic rings. The van der Waals surface area contributed by atoms with Gasteiger partial charge in [-0.3, -0.25) is 14.9 Å². The summed E-state index contributed by atoms with van der Waals surface area (Å²) in [6, 6.07) is 13.1. The Morgan fingerprint density at radius 2 is 2.00 bits per heavy atom. The van der Waals surface area contributed by atoms with Crippen LogP contribution >= 0.6 is 0 Å². The molecule has 0 saturated heterocycles. The molecule has 1 aromatic heterocycles. The van der Waals surface area contributed by atoms with Crippen LogP contribution in [-0.4, -0.2) is 20.5 Å². The van der Waals surface area contributed by atoms with Crippen LogP contribution in [0.3, 0.4) is 0 Å². The van der Waals surface area contributed by atoms with Crippen molar-refractivity contribution in [3.8, 4) is 5.88 Å². The molecule has 1 N–H and O–H groups in total. The first-order valence-electron chi connectivity index (χ1n) is 7.62. The highest BCUT2D eigenvalue weighted by Gasteiger charge is 2.13. The second-order valence-electron chi connectivity index (χ2n) is 5.47. The normalized spacial score (nSPS) is 11.6. The van der Waals surface area contributed by atoms with E-state index >= 15 is 0 Å². The highest BCUT2D eigenvalue weighted by molar-refractivity contribution is 5.96. The largest absolute Gasteiger partial charge is 0.493 e. The Kier molecular flexibility index (Phi) is 4.57. The number of non-ortho nitro benzene ring substituents is 1. The minimum Gasteiger partial charge on any atom is -0.493 e. The predicted octanol–water partition coefficient (Wildman–Crippen LogP) is 4.12. The molecular formula is C18H14N4O4. The van der Waals surface area contributed by atoms with Crippen molar-refractivity contribution in [2.45, 2.75) is 0 Å². The van der Waals surface area contributed by atoms with E-state index in [1.54, 1.807) is 29.8 Å². The summed E-state index contributed by atoms with van der Waals surface area (Å²) < 4.78 is 1.55. The summed E-state index contributed by atoms with van der Waals surface area (Å²) in [5.41, 5.74) is 1.40. The zero-order valence-electron chi connectivity index (χ0n) is 13.7. The lowest BCUT2D eigenvalue weighted by Gasteiger charge is -1.95. The van der Waals surface area contributed by atoms with Crippen molar-refractivity contribution < 1.29 is 14.8 Å². The van der Waals surface area contributed by atoms with Crippen molar-refractivity contribution in [3.63, 3.8) is 0 Å². The van der Waals surface area contributed by atoms with Gasteiger partial charge in [-0.05, 0) is 17.7 Å². The molecule has 0 aliphatic heterocycles. The van der Waals surface area contributed by atoms with Crippen molar-refractivity contribution in [2.75, 3.05) is 0 Å². The second-order valence-corrected chi connectivity index (χ2v) is 5.47. The number of para-hydroxylation sites is 1. The molecule has 0 radical (unpaired) electrons. The summed E-state index contributed by atoms with van der Waals surface area (Å²) in [5, 5.41) is 29.0. The lowest BCUT2D eigenvalue weighted by Crippen LogP contribution is -1.88. The fourth-order valence-corrected chi connectivity index (χ4v) is 2.50. The third-order valence-electron chi connectivity index (χ3n) is 3.80. The molecule has 3 aromatic rings. The highest BCUT2D eigenvalue weighted by Crippen LogP contribution is 2.37. The van der Waals surface area contributed by atoms with E-state index in [9.17, 15) is 20.0 Å². The van der Waals surface area contributed by atoms with E-state index in [0.29, 0.717) is 10.9 Å². The number of aromatic nitrogens is 1. The van der Waals surface area contributed by atoms with Gasteiger partial charge in [-0.15, -0.1) is 10.2 Å². The van der Waals surface area contributed by atoms with Gasteiger partial charge in [0.1, 0.15) is 0 Å². The quantitative estimate of drug-likeness (QED) is 0.330. The van der Waals surface area contributed by atoms with Crippen LogP contribution in [0.15, 0.2) is 64.8 Å². The number of hydrogen-bond donors (Lipinski definition) is 1. The van der Waals surface area contributed by atoms with Crippen molar-refractivity contribution >= 4 is 34.3 Å². The Bertz CT molecular complexity index is 1070. The van der Waals surface area contributed by atoms with E-state index < -0.39 is 10.8 Å². The first kappa shape index (κ1) is 17.0. The number of amides is 1. The Morgan fingerprint density at radius 1 is 1.23 bits per heavy atom. The lowest BCUT2D eigenvalue weighted by molar-refractivity contribution is -0.384. The van der Waals surface area contributed by atoms with Crippen molar-refractivity contribution in [1.29, 1.82) is 0 Å². The number of benzene rings is 2. The molecule has 0 unspecified atom stereocenters. The molecule has 0 atom stereocenters. The molecule has 8 nitrogen and oxygen atoms in total. The van der Waals surface area contributed by atoms with Crippen LogP contribution in [-0.2, 0) is 11.8 Å². The maximum absolute atomic E-state index is 11.9. The van der Waals surface area contributed by atoms with Gasteiger partial charge in [-0.2, -0.15) is 0 Å². The minimum atomic E-state index is -0.649. The number of hydrogen-bond acceptors (Lipinski definition) is 5. The molecule has 0 bridgehead atoms. The van der Waals surface area contributed by atoms with Crippen molar-refractivity contribution in [3.05, 3.63) is 70.3 Å². The predicted molar refractivity (Wildman–Crippen MR) is 96.2 cm³/mol. The second kappa shape index (κ2) is 6.98. The van der Waals surface area contributed by atoms with Crippen molar-refractivity contribution in [2.24, 2.45) is 17.3 Å². The molecule has 0 fully saturated rings. The summed E-state index contributed by atoms with van der Waals surface area (Å²) >= 11 is 0. The van der Waals surface area contributed by atoms with E-state index in [1.165, 1.54) is 24.3 Å². The molecule has 26 heavy (non-hydrogen) atoms. The van der Waals surface area contributed by atoms with E-state index in [-0.39, 0.29) is 17.3 Å². The van der Waals surface area contributed by atoms with Crippen LogP contribution in [0.1, 0.15) is 5.56 Å². The fourth-order valence-electron chi connectivity index (χ4n) is 2.50. The van der Waals surface area contributed by atoms with Gasteiger partial charge in [0.25, 0.3) is 11.6 Å². The molecule has 1 heterocycles. The van der Waals surface area contributed by atoms with Gasteiger partial charge in [-0.1, -0.05) is 30.3 Å². The third kappa shape index (κ3) is 3.34. The Labute approximate surface area is 147 Å². The number of aryl methyl sites for hydroxylation is 1. The first-order chi connectivity index (χ1) is 12.5. The monoisotopic (exact) mass is 350 g/mol. The third-order valence-corrected chi connectivity index (χ3v) is 3.80. The molecule has 0 saturated carbocycles. The average molecular weight is 350 g/mol. The summed E-state index contributed by atoms with van der Waals surface area (Å²) in [4.78, 5) is 22.1. The smallest absolute Gasteiger partial charge is 0.288 e. The van der Waals surface area contributed by atoms with Gasteiger partial charge < -0.3 is 9.67 Å². The molecule has 2 aromatic carbocycles. The van der Waals surface area contributed by atoms with Gasteiger partial charge in [0, 0.05) is 30.6 Å². The van der Waals surface area contributed by atoms with E-state index in [2.05, 4.69) is 10.2 Å². The minimum absolute atomic E-state index is 0.0677. The lowest BCUT2D eigenvalue weighted by atomic mass is 10.2. The number of carbonyl (C=O) groups excluding carboxylic acids is 1.